The van der Waals surface area contributed by atoms with Gasteiger partial charge in [-0.25, -0.2) is 0 Å². The summed E-state index contributed by atoms with van der Waals surface area (Å²) in [7, 11) is 1.69. The number of allylic oxidation sites excluding steroid dienone is 2. The first-order valence-electron chi connectivity index (χ1n) is 10.2. The van der Waals surface area contributed by atoms with Crippen molar-refractivity contribution in [3.05, 3.63) is 66.2 Å². The van der Waals surface area contributed by atoms with Crippen molar-refractivity contribution < 1.29 is 9.47 Å². The third-order valence-electron chi connectivity index (χ3n) is 5.10. The fourth-order valence-corrected chi connectivity index (χ4v) is 3.80. The maximum Gasteiger partial charge on any atom is 0.173 e. The summed E-state index contributed by atoms with van der Waals surface area (Å²) in [6.07, 6.45) is 8.03. The number of rotatable bonds is 8. The summed E-state index contributed by atoms with van der Waals surface area (Å²) < 4.78 is 11.0. The number of hydrogen-bond acceptors (Lipinski definition) is 3. The Kier molecular flexibility index (Phi) is 7.94. The van der Waals surface area contributed by atoms with Crippen LogP contribution in [-0.4, -0.2) is 30.3 Å². The molecule has 1 aliphatic carbocycles. The van der Waals surface area contributed by atoms with Crippen molar-refractivity contribution in [2.45, 2.75) is 32.7 Å². The Morgan fingerprint density at radius 2 is 1.93 bits per heavy atom. The van der Waals surface area contributed by atoms with Gasteiger partial charge in [-0.15, -0.1) is 0 Å². The molecular weight excluding hydrogens is 380 g/mol. The van der Waals surface area contributed by atoms with E-state index in [9.17, 15) is 0 Å². The van der Waals surface area contributed by atoms with Gasteiger partial charge in [0.15, 0.2) is 5.11 Å². The Labute approximate surface area is 179 Å². The van der Waals surface area contributed by atoms with E-state index < -0.39 is 0 Å². The summed E-state index contributed by atoms with van der Waals surface area (Å²) in [6, 6.07) is 16.1. The van der Waals surface area contributed by atoms with Gasteiger partial charge in [-0.05, 0) is 74.2 Å². The van der Waals surface area contributed by atoms with Gasteiger partial charge in [0, 0.05) is 13.1 Å². The third kappa shape index (κ3) is 6.23. The van der Waals surface area contributed by atoms with Gasteiger partial charge in [-0.2, -0.15) is 0 Å². The van der Waals surface area contributed by atoms with E-state index in [0.29, 0.717) is 12.5 Å². The van der Waals surface area contributed by atoms with Crippen LogP contribution in [0, 0.1) is 5.92 Å². The van der Waals surface area contributed by atoms with Crippen molar-refractivity contribution in [1.29, 1.82) is 0 Å². The van der Waals surface area contributed by atoms with E-state index in [4.69, 9.17) is 21.7 Å². The van der Waals surface area contributed by atoms with Crippen LogP contribution in [0.25, 0.3) is 0 Å². The molecule has 1 aliphatic rings. The van der Waals surface area contributed by atoms with Crippen molar-refractivity contribution in [2.24, 2.45) is 5.92 Å². The number of nitrogens with one attached hydrogen (secondary N) is 1. The number of nitrogens with zero attached hydrogens (tertiary/aromatic N) is 1. The van der Waals surface area contributed by atoms with Gasteiger partial charge >= 0.3 is 0 Å². The highest BCUT2D eigenvalue weighted by Gasteiger charge is 2.19. The van der Waals surface area contributed by atoms with Crippen LogP contribution in [0.2, 0.25) is 0 Å². The topological polar surface area (TPSA) is 33.7 Å². The van der Waals surface area contributed by atoms with Crippen LogP contribution in [0.1, 0.15) is 31.7 Å². The largest absolute Gasteiger partial charge is 0.497 e. The molecule has 0 aliphatic heterocycles. The van der Waals surface area contributed by atoms with E-state index in [-0.39, 0.29) is 0 Å². The fraction of sp³-hybridized carbons (Fsp3) is 0.375. The lowest BCUT2D eigenvalue weighted by Crippen LogP contribution is -2.38. The summed E-state index contributed by atoms with van der Waals surface area (Å²) in [5, 5.41) is 4.14. The molecule has 154 valence electrons. The van der Waals surface area contributed by atoms with Gasteiger partial charge in [-0.3, -0.25) is 0 Å². The number of ether oxygens (including phenoxy) is 2. The minimum atomic E-state index is 0.611. The molecule has 3 rings (SSSR count). The third-order valence-corrected chi connectivity index (χ3v) is 5.46. The zero-order valence-electron chi connectivity index (χ0n) is 17.3. The molecular formula is C24H30N2O2S. The lowest BCUT2D eigenvalue weighted by atomic mass is 9.94. The molecule has 0 saturated heterocycles. The Morgan fingerprint density at radius 1 is 1.14 bits per heavy atom. The van der Waals surface area contributed by atoms with E-state index in [1.165, 1.54) is 12.0 Å². The predicted molar refractivity (Wildman–Crippen MR) is 124 cm³/mol. The summed E-state index contributed by atoms with van der Waals surface area (Å²) in [4.78, 5) is 2.27. The molecule has 2 aromatic rings. The SMILES string of the molecule is CCOc1ccccc1NC(=S)N(Cc1ccc(OC)cc1)CC1CC=CCC1. The molecule has 29 heavy (non-hydrogen) atoms. The van der Waals surface area contributed by atoms with E-state index in [0.717, 1.165) is 48.2 Å². The summed E-state index contributed by atoms with van der Waals surface area (Å²) in [6.45, 7) is 4.29. The molecule has 0 amide bonds. The molecule has 1 unspecified atom stereocenters. The Hall–Kier alpha value is -2.53. The second-order valence-electron chi connectivity index (χ2n) is 7.24. The first-order chi connectivity index (χ1) is 14.2. The second kappa shape index (κ2) is 10.9. The fourth-order valence-electron chi connectivity index (χ4n) is 3.55. The highest BCUT2D eigenvalue weighted by molar-refractivity contribution is 7.80. The molecule has 0 bridgehead atoms. The molecule has 1 atom stereocenters. The molecule has 0 saturated carbocycles. The Bertz CT molecular complexity index is 820. The van der Waals surface area contributed by atoms with Crippen LogP contribution < -0.4 is 14.8 Å². The van der Waals surface area contributed by atoms with Crippen molar-refractivity contribution in [2.75, 3.05) is 25.6 Å². The number of para-hydroxylation sites is 2. The first-order valence-corrected chi connectivity index (χ1v) is 10.7. The van der Waals surface area contributed by atoms with Gasteiger partial charge < -0.3 is 19.7 Å². The van der Waals surface area contributed by atoms with Crippen LogP contribution in [0.5, 0.6) is 11.5 Å². The Morgan fingerprint density at radius 3 is 2.62 bits per heavy atom. The summed E-state index contributed by atoms with van der Waals surface area (Å²) >= 11 is 5.83. The zero-order chi connectivity index (χ0) is 20.5. The number of benzene rings is 2. The van der Waals surface area contributed by atoms with Crippen molar-refractivity contribution in [3.8, 4) is 11.5 Å². The van der Waals surface area contributed by atoms with Crippen LogP contribution in [0.3, 0.4) is 0 Å². The first kappa shape index (κ1) is 21.2. The molecule has 0 fully saturated rings. The van der Waals surface area contributed by atoms with E-state index >= 15 is 0 Å². The molecule has 0 heterocycles. The highest BCUT2D eigenvalue weighted by atomic mass is 32.1. The van der Waals surface area contributed by atoms with Crippen LogP contribution in [0.15, 0.2) is 60.7 Å². The highest BCUT2D eigenvalue weighted by Crippen LogP contribution is 2.26. The smallest absolute Gasteiger partial charge is 0.173 e. The van der Waals surface area contributed by atoms with Gasteiger partial charge in [0.2, 0.25) is 0 Å². The minimum absolute atomic E-state index is 0.611. The maximum atomic E-state index is 5.83. The molecule has 0 radical (unpaired) electrons. The van der Waals surface area contributed by atoms with Crippen LogP contribution >= 0.6 is 12.2 Å². The molecule has 4 nitrogen and oxygen atoms in total. The predicted octanol–water partition coefficient (Wildman–Crippen LogP) is 5.65. The lowest BCUT2D eigenvalue weighted by molar-refractivity contribution is 0.318. The van der Waals surface area contributed by atoms with Crippen molar-refractivity contribution >= 4 is 23.0 Å². The molecule has 1 N–H and O–H groups in total. The van der Waals surface area contributed by atoms with Crippen LogP contribution in [-0.2, 0) is 6.54 Å². The van der Waals surface area contributed by atoms with Crippen LogP contribution in [0.4, 0.5) is 5.69 Å². The van der Waals surface area contributed by atoms with Gasteiger partial charge in [0.1, 0.15) is 11.5 Å². The number of methoxy groups -OCH3 is 1. The number of thiocarbonyl (C=S) groups is 1. The average molecular weight is 411 g/mol. The summed E-state index contributed by atoms with van der Waals surface area (Å²) in [5.74, 6) is 2.30. The minimum Gasteiger partial charge on any atom is -0.497 e. The van der Waals surface area contributed by atoms with E-state index in [1.54, 1.807) is 7.11 Å². The quantitative estimate of drug-likeness (QED) is 0.449. The standard InChI is InChI=1S/C24H30N2O2S/c1-3-28-23-12-8-7-11-22(23)25-24(29)26(17-19-9-5-4-6-10-19)18-20-13-15-21(27-2)16-14-20/h4-5,7-8,11-16,19H,3,6,9-10,17-18H2,1-2H3,(H,25,29). The Balaban J connectivity index is 1.75. The van der Waals surface area contributed by atoms with Gasteiger partial charge in [0.25, 0.3) is 0 Å². The monoisotopic (exact) mass is 410 g/mol. The van der Waals surface area contributed by atoms with Crippen molar-refractivity contribution in [3.63, 3.8) is 0 Å². The number of hydrogen-bond donors (Lipinski definition) is 1. The zero-order valence-corrected chi connectivity index (χ0v) is 18.1. The normalized spacial score (nSPS) is 15.6. The average Bonchev–Trinajstić information content (AvgIpc) is 2.76. The lowest BCUT2D eigenvalue weighted by Gasteiger charge is -2.31. The van der Waals surface area contributed by atoms with E-state index in [1.807, 2.05) is 43.3 Å². The molecule has 0 aromatic heterocycles. The maximum absolute atomic E-state index is 5.83. The molecule has 5 heteroatoms. The number of anilines is 1. The van der Waals surface area contributed by atoms with Gasteiger partial charge in [-0.1, -0.05) is 36.4 Å². The second-order valence-corrected chi connectivity index (χ2v) is 7.63. The molecule has 0 spiro atoms. The van der Waals surface area contributed by atoms with Crippen molar-refractivity contribution in [1.82, 2.24) is 4.90 Å². The van der Waals surface area contributed by atoms with Gasteiger partial charge in [0.05, 0.1) is 19.4 Å². The molecule has 2 aromatic carbocycles. The van der Waals surface area contributed by atoms with E-state index in [2.05, 4.69) is 34.5 Å². The summed E-state index contributed by atoms with van der Waals surface area (Å²) in [5.41, 5.74) is 2.11.